The van der Waals surface area contributed by atoms with Crippen molar-refractivity contribution in [2.75, 3.05) is 5.73 Å². The van der Waals surface area contributed by atoms with E-state index in [1.54, 1.807) is 29.3 Å². The average molecular weight is 189 g/mol. The summed E-state index contributed by atoms with van der Waals surface area (Å²) in [5.74, 6) is 0.546. The number of aryl methyl sites for hydroxylation is 2. The van der Waals surface area contributed by atoms with Gasteiger partial charge >= 0.3 is 0 Å². The lowest BCUT2D eigenvalue weighted by Crippen LogP contribution is -2.03. The average Bonchev–Trinajstić information content (AvgIpc) is 2.63. The molecule has 0 saturated heterocycles. The van der Waals surface area contributed by atoms with Gasteiger partial charge in [-0.2, -0.15) is 5.10 Å². The molecule has 14 heavy (non-hydrogen) atoms. The number of hydrogen-bond donors (Lipinski definition) is 1. The van der Waals surface area contributed by atoms with Crippen LogP contribution in [0, 0.1) is 0 Å². The van der Waals surface area contributed by atoms with Gasteiger partial charge in [0.1, 0.15) is 5.82 Å². The molecule has 0 aliphatic rings. The van der Waals surface area contributed by atoms with Crippen LogP contribution < -0.4 is 5.73 Å². The Hall–Kier alpha value is -1.91. The Bertz CT molecular complexity index is 395. The lowest BCUT2D eigenvalue weighted by molar-refractivity contribution is 0.609. The van der Waals surface area contributed by atoms with Gasteiger partial charge in [0.05, 0.1) is 5.69 Å². The predicted octanol–water partition coefficient (Wildman–Crippen LogP) is 0.498. The smallest absolute Gasteiger partial charge is 0.145 e. The number of nitrogens with zero attached hydrogens (tertiary/aromatic N) is 4. The van der Waals surface area contributed by atoms with E-state index < -0.39 is 0 Å². The van der Waals surface area contributed by atoms with Gasteiger partial charge in [-0.1, -0.05) is 0 Å². The molecule has 0 bridgehead atoms. The summed E-state index contributed by atoms with van der Waals surface area (Å²) in [6.07, 6.45) is 7.77. The Morgan fingerprint density at radius 2 is 2.29 bits per heavy atom. The highest BCUT2D eigenvalue weighted by molar-refractivity contribution is 5.23. The molecule has 2 N–H and O–H groups in total. The van der Waals surface area contributed by atoms with Crippen LogP contribution in [0.1, 0.15) is 5.69 Å². The van der Waals surface area contributed by atoms with Crippen LogP contribution in [0.2, 0.25) is 0 Å². The normalized spacial score (nSPS) is 10.3. The summed E-state index contributed by atoms with van der Waals surface area (Å²) in [5.41, 5.74) is 6.45. The van der Waals surface area contributed by atoms with Gasteiger partial charge in [-0.3, -0.25) is 14.6 Å². The minimum absolute atomic E-state index is 0.546. The zero-order valence-electron chi connectivity index (χ0n) is 7.67. The molecule has 0 aliphatic heterocycles. The molecule has 2 aromatic rings. The van der Waals surface area contributed by atoms with Gasteiger partial charge in [0.2, 0.25) is 0 Å². The van der Waals surface area contributed by atoms with Gasteiger partial charge in [0.25, 0.3) is 0 Å². The second-order valence-electron chi connectivity index (χ2n) is 2.95. The van der Waals surface area contributed by atoms with Gasteiger partial charge in [0.15, 0.2) is 0 Å². The fraction of sp³-hybridized carbons (Fsp3) is 0.222. The number of aromatic nitrogens is 4. The Morgan fingerprint density at radius 3 is 2.93 bits per heavy atom. The summed E-state index contributed by atoms with van der Waals surface area (Å²) in [6, 6.07) is 1.77. The monoisotopic (exact) mass is 189 g/mol. The van der Waals surface area contributed by atoms with Crippen LogP contribution in [-0.2, 0) is 13.0 Å². The quantitative estimate of drug-likeness (QED) is 0.763. The molecule has 0 saturated carbocycles. The van der Waals surface area contributed by atoms with Crippen LogP contribution in [0.3, 0.4) is 0 Å². The fourth-order valence-corrected chi connectivity index (χ4v) is 1.19. The number of rotatable bonds is 3. The van der Waals surface area contributed by atoms with Crippen LogP contribution in [0.5, 0.6) is 0 Å². The zero-order valence-corrected chi connectivity index (χ0v) is 7.67. The van der Waals surface area contributed by atoms with E-state index in [0.717, 1.165) is 18.7 Å². The summed E-state index contributed by atoms with van der Waals surface area (Å²) in [4.78, 5) is 8.15. The molecule has 2 aromatic heterocycles. The molecule has 0 radical (unpaired) electrons. The van der Waals surface area contributed by atoms with Crippen molar-refractivity contribution in [2.45, 2.75) is 13.0 Å². The second kappa shape index (κ2) is 3.87. The van der Waals surface area contributed by atoms with E-state index >= 15 is 0 Å². The molecule has 0 atom stereocenters. The summed E-state index contributed by atoms with van der Waals surface area (Å²) < 4.78 is 1.80. The number of anilines is 1. The second-order valence-corrected chi connectivity index (χ2v) is 2.95. The molecule has 0 spiro atoms. The predicted molar refractivity (Wildman–Crippen MR) is 52.4 cm³/mol. The Balaban J connectivity index is 1.95. The van der Waals surface area contributed by atoms with E-state index in [1.165, 1.54) is 0 Å². The van der Waals surface area contributed by atoms with E-state index in [9.17, 15) is 0 Å². The molecule has 5 nitrogen and oxygen atoms in total. The SMILES string of the molecule is Nc1ccn(CCc2cnccn2)n1. The molecule has 72 valence electrons. The summed E-state index contributed by atoms with van der Waals surface area (Å²) in [5, 5.41) is 4.07. The van der Waals surface area contributed by atoms with Crippen LogP contribution in [0.25, 0.3) is 0 Å². The number of hydrogen-bond acceptors (Lipinski definition) is 4. The molecule has 2 heterocycles. The van der Waals surface area contributed by atoms with Crippen LogP contribution >= 0.6 is 0 Å². The van der Waals surface area contributed by atoms with E-state index in [1.807, 2.05) is 6.20 Å². The maximum absolute atomic E-state index is 5.49. The van der Waals surface area contributed by atoms with Crippen LogP contribution in [0.4, 0.5) is 5.82 Å². The standard InChI is InChI=1S/C9H11N5/c10-9-2-6-14(13-9)5-1-8-7-11-3-4-12-8/h2-4,6-7H,1,5H2,(H2,10,13). The van der Waals surface area contributed by atoms with Gasteiger partial charge in [-0.15, -0.1) is 0 Å². The number of nitrogens with two attached hydrogens (primary N) is 1. The maximum atomic E-state index is 5.49. The Labute approximate surface area is 81.6 Å². The molecule has 0 amide bonds. The minimum atomic E-state index is 0.546. The van der Waals surface area contributed by atoms with Crippen molar-refractivity contribution in [1.82, 2.24) is 19.7 Å². The summed E-state index contributed by atoms with van der Waals surface area (Å²) in [6.45, 7) is 0.774. The third-order valence-corrected chi connectivity index (χ3v) is 1.87. The number of nitrogen functional groups attached to an aromatic ring is 1. The van der Waals surface area contributed by atoms with Crippen molar-refractivity contribution in [3.8, 4) is 0 Å². The van der Waals surface area contributed by atoms with E-state index in [2.05, 4.69) is 15.1 Å². The molecule has 5 heteroatoms. The van der Waals surface area contributed by atoms with Crippen molar-refractivity contribution >= 4 is 5.82 Å². The van der Waals surface area contributed by atoms with Crippen molar-refractivity contribution in [2.24, 2.45) is 0 Å². The van der Waals surface area contributed by atoms with Crippen molar-refractivity contribution in [1.29, 1.82) is 0 Å². The topological polar surface area (TPSA) is 69.6 Å². The van der Waals surface area contributed by atoms with Crippen LogP contribution in [0.15, 0.2) is 30.9 Å². The fourth-order valence-electron chi connectivity index (χ4n) is 1.19. The van der Waals surface area contributed by atoms with Gasteiger partial charge in [0, 0.05) is 37.8 Å². The van der Waals surface area contributed by atoms with E-state index in [-0.39, 0.29) is 0 Å². The maximum Gasteiger partial charge on any atom is 0.145 e. The molecular weight excluding hydrogens is 178 g/mol. The highest BCUT2D eigenvalue weighted by atomic mass is 15.3. The van der Waals surface area contributed by atoms with Gasteiger partial charge < -0.3 is 5.73 Å². The molecule has 0 aromatic carbocycles. The van der Waals surface area contributed by atoms with Crippen molar-refractivity contribution < 1.29 is 0 Å². The van der Waals surface area contributed by atoms with Gasteiger partial charge in [-0.25, -0.2) is 0 Å². The molecule has 0 aliphatic carbocycles. The molecule has 0 unspecified atom stereocenters. The van der Waals surface area contributed by atoms with E-state index in [0.29, 0.717) is 5.82 Å². The third kappa shape index (κ3) is 2.07. The Kier molecular flexibility index (Phi) is 2.40. The Morgan fingerprint density at radius 1 is 1.36 bits per heavy atom. The lowest BCUT2D eigenvalue weighted by Gasteiger charge is -1.99. The zero-order chi connectivity index (χ0) is 9.80. The molecular formula is C9H11N5. The first-order valence-electron chi connectivity index (χ1n) is 4.38. The molecule has 0 fully saturated rings. The summed E-state index contributed by atoms with van der Waals surface area (Å²) in [7, 11) is 0. The van der Waals surface area contributed by atoms with Crippen LogP contribution in [-0.4, -0.2) is 19.7 Å². The first kappa shape index (κ1) is 8.68. The first-order chi connectivity index (χ1) is 6.84. The molecule has 2 rings (SSSR count). The van der Waals surface area contributed by atoms with Crippen molar-refractivity contribution in [3.05, 3.63) is 36.5 Å². The lowest BCUT2D eigenvalue weighted by atomic mass is 10.3. The third-order valence-electron chi connectivity index (χ3n) is 1.87. The summed E-state index contributed by atoms with van der Waals surface area (Å²) >= 11 is 0. The highest BCUT2D eigenvalue weighted by Gasteiger charge is 1.96. The van der Waals surface area contributed by atoms with Crippen molar-refractivity contribution in [3.63, 3.8) is 0 Å². The largest absolute Gasteiger partial charge is 0.382 e. The highest BCUT2D eigenvalue weighted by Crippen LogP contribution is 1.98. The van der Waals surface area contributed by atoms with E-state index in [4.69, 9.17) is 5.73 Å². The first-order valence-corrected chi connectivity index (χ1v) is 4.38. The van der Waals surface area contributed by atoms with Gasteiger partial charge in [-0.05, 0) is 6.07 Å². The minimum Gasteiger partial charge on any atom is -0.382 e.